The molecule has 98 valence electrons. The van der Waals surface area contributed by atoms with E-state index in [4.69, 9.17) is 0 Å². The number of thioether (sulfide) groups is 1. The smallest absolute Gasteiger partial charge is 0.136 e. The number of benzene rings is 1. The summed E-state index contributed by atoms with van der Waals surface area (Å²) >= 11 is 1.77. The monoisotopic (exact) mass is 262 g/mol. The summed E-state index contributed by atoms with van der Waals surface area (Å²) < 4.78 is 0. The van der Waals surface area contributed by atoms with E-state index in [-0.39, 0.29) is 0 Å². The number of Topliss-reactive ketones (excluding diaryl/α,β-unsaturated/α-hetero) is 1. The number of hydrogen-bond acceptors (Lipinski definition) is 2. The summed E-state index contributed by atoms with van der Waals surface area (Å²) in [6, 6.07) is 8.43. The maximum Gasteiger partial charge on any atom is 0.136 e. The van der Waals surface area contributed by atoms with E-state index >= 15 is 0 Å². The van der Waals surface area contributed by atoms with Crippen LogP contribution in [0.5, 0.6) is 0 Å². The third kappa shape index (κ3) is 3.61. The highest BCUT2D eigenvalue weighted by atomic mass is 32.2. The van der Waals surface area contributed by atoms with Crippen molar-refractivity contribution in [3.05, 3.63) is 29.8 Å². The molecule has 0 amide bonds. The Hall–Kier alpha value is -0.760. The minimum Gasteiger partial charge on any atom is -0.299 e. The van der Waals surface area contributed by atoms with Gasteiger partial charge in [-0.15, -0.1) is 11.8 Å². The number of aryl methyl sites for hydroxylation is 1. The van der Waals surface area contributed by atoms with Crippen molar-refractivity contribution in [2.45, 2.75) is 49.8 Å². The van der Waals surface area contributed by atoms with Crippen LogP contribution in [0.3, 0.4) is 0 Å². The Bertz CT molecular complexity index is 394. The van der Waals surface area contributed by atoms with Crippen molar-refractivity contribution >= 4 is 17.5 Å². The highest BCUT2D eigenvalue weighted by molar-refractivity contribution is 7.98. The molecule has 0 saturated heterocycles. The first-order valence-electron chi connectivity index (χ1n) is 6.96. The van der Waals surface area contributed by atoms with Gasteiger partial charge in [0.15, 0.2) is 0 Å². The molecule has 0 bridgehead atoms. The zero-order valence-electron chi connectivity index (χ0n) is 11.2. The summed E-state index contributed by atoms with van der Waals surface area (Å²) in [6.45, 7) is 0. The molecular weight excluding hydrogens is 240 g/mol. The summed E-state index contributed by atoms with van der Waals surface area (Å²) in [5.41, 5.74) is 1.33. The van der Waals surface area contributed by atoms with Gasteiger partial charge in [0.2, 0.25) is 0 Å². The van der Waals surface area contributed by atoms with Crippen molar-refractivity contribution in [2.75, 3.05) is 6.26 Å². The molecule has 0 spiro atoms. The lowest BCUT2D eigenvalue weighted by molar-refractivity contribution is -0.123. The Balaban J connectivity index is 1.88. The Morgan fingerprint density at radius 2 is 1.94 bits per heavy atom. The summed E-state index contributed by atoms with van der Waals surface area (Å²) in [6.07, 6.45) is 9.80. The van der Waals surface area contributed by atoms with E-state index in [0.717, 1.165) is 25.7 Å². The van der Waals surface area contributed by atoms with Gasteiger partial charge in [-0.05, 0) is 37.1 Å². The van der Waals surface area contributed by atoms with E-state index < -0.39 is 0 Å². The van der Waals surface area contributed by atoms with Crippen LogP contribution in [0.15, 0.2) is 29.2 Å². The Morgan fingerprint density at radius 1 is 1.22 bits per heavy atom. The number of carbonyl (C=O) groups excluding carboxylic acids is 1. The molecule has 0 atom stereocenters. The average molecular weight is 262 g/mol. The van der Waals surface area contributed by atoms with E-state index in [1.54, 1.807) is 11.8 Å². The van der Waals surface area contributed by atoms with Crippen LogP contribution >= 0.6 is 11.8 Å². The maximum absolute atomic E-state index is 12.2. The molecule has 1 aliphatic rings. The van der Waals surface area contributed by atoms with Crippen molar-refractivity contribution in [3.63, 3.8) is 0 Å². The third-order valence-electron chi connectivity index (χ3n) is 3.89. The van der Waals surface area contributed by atoms with Crippen LogP contribution in [0.25, 0.3) is 0 Å². The molecule has 1 aromatic carbocycles. The van der Waals surface area contributed by atoms with Crippen molar-refractivity contribution in [1.29, 1.82) is 0 Å². The van der Waals surface area contributed by atoms with E-state index in [1.807, 2.05) is 0 Å². The highest BCUT2D eigenvalue weighted by Gasteiger charge is 2.20. The van der Waals surface area contributed by atoms with Gasteiger partial charge in [-0.3, -0.25) is 4.79 Å². The fourth-order valence-electron chi connectivity index (χ4n) is 2.80. The number of ketones is 1. The highest BCUT2D eigenvalue weighted by Crippen LogP contribution is 2.27. The van der Waals surface area contributed by atoms with Crippen LogP contribution in [-0.4, -0.2) is 12.0 Å². The lowest BCUT2D eigenvalue weighted by Gasteiger charge is -2.20. The number of hydrogen-bond donors (Lipinski definition) is 0. The van der Waals surface area contributed by atoms with Gasteiger partial charge in [0.25, 0.3) is 0 Å². The maximum atomic E-state index is 12.2. The molecule has 0 unspecified atom stereocenters. The summed E-state index contributed by atoms with van der Waals surface area (Å²) in [5.74, 6) is 0.853. The second-order valence-electron chi connectivity index (χ2n) is 5.11. The van der Waals surface area contributed by atoms with Gasteiger partial charge in [0, 0.05) is 17.2 Å². The predicted molar refractivity (Wildman–Crippen MR) is 78.1 cm³/mol. The van der Waals surface area contributed by atoms with Crippen LogP contribution < -0.4 is 0 Å². The lowest BCUT2D eigenvalue weighted by Crippen LogP contribution is -2.18. The molecule has 2 heteroatoms. The molecule has 1 nitrogen and oxygen atoms in total. The summed E-state index contributed by atoms with van der Waals surface area (Å²) in [5, 5.41) is 0. The zero-order valence-corrected chi connectivity index (χ0v) is 12.0. The normalized spacial score (nSPS) is 16.7. The standard InChI is InChI=1S/C16H22OS/c1-18-16-10-6-5-9-14(16)11-12-15(17)13-7-3-2-4-8-13/h5-6,9-10,13H,2-4,7-8,11-12H2,1H3. The van der Waals surface area contributed by atoms with Gasteiger partial charge in [-0.25, -0.2) is 0 Å². The van der Waals surface area contributed by atoms with Crippen molar-refractivity contribution < 1.29 is 4.79 Å². The molecule has 0 N–H and O–H groups in total. The minimum absolute atomic E-state index is 0.361. The zero-order chi connectivity index (χ0) is 12.8. The van der Waals surface area contributed by atoms with E-state index in [0.29, 0.717) is 11.7 Å². The second kappa shape index (κ2) is 6.98. The summed E-state index contributed by atoms with van der Waals surface area (Å²) in [7, 11) is 0. The first-order valence-corrected chi connectivity index (χ1v) is 8.18. The van der Waals surface area contributed by atoms with Gasteiger partial charge >= 0.3 is 0 Å². The molecule has 2 rings (SSSR count). The Kier molecular flexibility index (Phi) is 5.30. The molecule has 1 aliphatic carbocycles. The Labute approximate surface area is 114 Å². The van der Waals surface area contributed by atoms with Gasteiger partial charge in [0.05, 0.1) is 0 Å². The van der Waals surface area contributed by atoms with Gasteiger partial charge in [-0.1, -0.05) is 37.5 Å². The van der Waals surface area contributed by atoms with Crippen molar-refractivity contribution in [2.24, 2.45) is 5.92 Å². The SMILES string of the molecule is CSc1ccccc1CCC(=O)C1CCCCC1. The molecule has 0 aliphatic heterocycles. The Morgan fingerprint density at radius 3 is 2.67 bits per heavy atom. The van der Waals surface area contributed by atoms with Gasteiger partial charge in [0.1, 0.15) is 5.78 Å². The molecule has 18 heavy (non-hydrogen) atoms. The fourth-order valence-corrected chi connectivity index (χ4v) is 3.44. The first kappa shape index (κ1) is 13.7. The quantitative estimate of drug-likeness (QED) is 0.727. The number of carbonyl (C=O) groups is 1. The largest absolute Gasteiger partial charge is 0.299 e. The molecular formula is C16H22OS. The van der Waals surface area contributed by atoms with E-state index in [1.165, 1.54) is 29.7 Å². The van der Waals surface area contributed by atoms with Crippen LogP contribution in [-0.2, 0) is 11.2 Å². The predicted octanol–water partition coefficient (Wildman–Crippen LogP) is 4.49. The average Bonchev–Trinajstić information content (AvgIpc) is 2.46. The van der Waals surface area contributed by atoms with Crippen LogP contribution in [0.2, 0.25) is 0 Å². The van der Waals surface area contributed by atoms with Crippen LogP contribution in [0.1, 0.15) is 44.1 Å². The van der Waals surface area contributed by atoms with Crippen molar-refractivity contribution in [1.82, 2.24) is 0 Å². The summed E-state index contributed by atoms with van der Waals surface area (Å²) in [4.78, 5) is 13.5. The first-order chi connectivity index (χ1) is 8.81. The molecule has 1 fully saturated rings. The van der Waals surface area contributed by atoms with E-state index in [9.17, 15) is 4.79 Å². The fraction of sp³-hybridized carbons (Fsp3) is 0.562. The second-order valence-corrected chi connectivity index (χ2v) is 5.96. The number of rotatable bonds is 5. The topological polar surface area (TPSA) is 17.1 Å². The van der Waals surface area contributed by atoms with E-state index in [2.05, 4.69) is 30.5 Å². The molecule has 0 heterocycles. The lowest BCUT2D eigenvalue weighted by atomic mass is 9.84. The molecule has 1 aromatic rings. The van der Waals surface area contributed by atoms with Gasteiger partial charge < -0.3 is 0 Å². The minimum atomic E-state index is 0.361. The molecule has 0 radical (unpaired) electrons. The van der Waals surface area contributed by atoms with Crippen molar-refractivity contribution in [3.8, 4) is 0 Å². The van der Waals surface area contributed by atoms with Gasteiger partial charge in [-0.2, -0.15) is 0 Å². The molecule has 1 saturated carbocycles. The third-order valence-corrected chi connectivity index (χ3v) is 4.73. The van der Waals surface area contributed by atoms with Crippen LogP contribution in [0, 0.1) is 5.92 Å². The molecule has 0 aromatic heterocycles. The van der Waals surface area contributed by atoms with Crippen LogP contribution in [0.4, 0.5) is 0 Å².